The number of amides is 1. The summed E-state index contributed by atoms with van der Waals surface area (Å²) in [6.45, 7) is 10.7. The summed E-state index contributed by atoms with van der Waals surface area (Å²) in [5.41, 5.74) is 6.97. The maximum atomic E-state index is 13.4. The number of pyridine rings is 1. The van der Waals surface area contributed by atoms with Gasteiger partial charge in [0.25, 0.3) is 0 Å². The highest BCUT2D eigenvalue weighted by Crippen LogP contribution is 2.34. The monoisotopic (exact) mass is 735 g/mol. The number of aryl methyl sites for hydroxylation is 2. The third-order valence-electron chi connectivity index (χ3n) is 9.01. The number of piperazine rings is 1. The number of ether oxygens (including phenoxy) is 3. The summed E-state index contributed by atoms with van der Waals surface area (Å²) >= 11 is 12.9. The van der Waals surface area contributed by atoms with Crippen molar-refractivity contribution in [3.8, 4) is 23.1 Å². The first-order valence-electron chi connectivity index (χ1n) is 17.5. The number of rotatable bonds is 13. The molecular weight excluding hydrogens is 693 g/mol. The van der Waals surface area contributed by atoms with Crippen molar-refractivity contribution in [1.29, 1.82) is 0 Å². The highest BCUT2D eigenvalue weighted by molar-refractivity contribution is 6.32. The van der Waals surface area contributed by atoms with Crippen LogP contribution >= 0.6 is 23.2 Å². The molecule has 268 valence electrons. The Morgan fingerprint density at radius 2 is 1.52 bits per heavy atom. The number of halogens is 2. The summed E-state index contributed by atoms with van der Waals surface area (Å²) < 4.78 is 17.8. The Morgan fingerprint density at radius 1 is 0.808 bits per heavy atom. The van der Waals surface area contributed by atoms with Crippen molar-refractivity contribution in [2.24, 2.45) is 0 Å². The Labute approximate surface area is 316 Å². The molecule has 4 aromatic carbocycles. The third kappa shape index (κ3) is 10.2. The van der Waals surface area contributed by atoms with Crippen LogP contribution in [0.5, 0.6) is 23.1 Å². The van der Waals surface area contributed by atoms with Gasteiger partial charge in [-0.15, -0.1) is 0 Å². The second kappa shape index (κ2) is 17.6. The van der Waals surface area contributed by atoms with E-state index in [-0.39, 0.29) is 5.91 Å². The molecule has 6 rings (SSSR count). The van der Waals surface area contributed by atoms with Crippen LogP contribution in [0, 0.1) is 13.8 Å². The van der Waals surface area contributed by atoms with Gasteiger partial charge in [-0.2, -0.15) is 0 Å². The Hall–Kier alpha value is -4.82. The van der Waals surface area contributed by atoms with E-state index >= 15 is 0 Å². The Morgan fingerprint density at radius 3 is 2.21 bits per heavy atom. The molecule has 0 bridgehead atoms. The van der Waals surface area contributed by atoms with Crippen molar-refractivity contribution >= 4 is 35.2 Å². The summed E-state index contributed by atoms with van der Waals surface area (Å²) in [6, 6.07) is 31.7. The summed E-state index contributed by atoms with van der Waals surface area (Å²) in [7, 11) is 0. The van der Waals surface area contributed by atoms with E-state index in [0.29, 0.717) is 59.3 Å². The lowest BCUT2D eigenvalue weighted by Gasteiger charge is -2.35. The molecule has 0 N–H and O–H groups in total. The van der Waals surface area contributed by atoms with Crippen molar-refractivity contribution in [3.05, 3.63) is 152 Å². The zero-order valence-electron chi connectivity index (χ0n) is 29.8. The van der Waals surface area contributed by atoms with Crippen molar-refractivity contribution in [2.45, 2.75) is 40.3 Å². The van der Waals surface area contributed by atoms with Gasteiger partial charge in [0, 0.05) is 61.4 Å². The van der Waals surface area contributed by atoms with Crippen LogP contribution in [-0.4, -0.2) is 53.5 Å². The number of aromatic nitrogens is 1. The molecule has 0 atom stereocenters. The van der Waals surface area contributed by atoms with Crippen LogP contribution in [0.15, 0.2) is 109 Å². The molecule has 0 aliphatic carbocycles. The van der Waals surface area contributed by atoms with E-state index in [0.717, 1.165) is 48.5 Å². The van der Waals surface area contributed by atoms with Gasteiger partial charge in [-0.3, -0.25) is 9.69 Å². The van der Waals surface area contributed by atoms with Crippen LogP contribution in [0.25, 0.3) is 6.08 Å². The number of benzene rings is 4. The molecule has 2 heterocycles. The van der Waals surface area contributed by atoms with Crippen molar-refractivity contribution in [3.63, 3.8) is 0 Å². The third-order valence-corrected chi connectivity index (χ3v) is 9.66. The molecule has 1 saturated heterocycles. The fraction of sp³-hybridized carbons (Fsp3) is 0.256. The van der Waals surface area contributed by atoms with Gasteiger partial charge in [0.05, 0.1) is 17.8 Å². The normalized spacial score (nSPS) is 13.6. The summed E-state index contributed by atoms with van der Waals surface area (Å²) in [4.78, 5) is 22.1. The number of nitrogens with zero attached hydrogens (tertiary/aromatic N) is 3. The minimum atomic E-state index is 0.0343. The van der Waals surface area contributed by atoms with E-state index in [4.69, 9.17) is 37.4 Å². The average Bonchev–Trinajstić information content (AvgIpc) is 3.15. The molecule has 5 aromatic rings. The number of carbonyl (C=O) groups is 1. The highest BCUT2D eigenvalue weighted by atomic mass is 35.5. The van der Waals surface area contributed by atoms with Crippen LogP contribution in [0.4, 0.5) is 0 Å². The van der Waals surface area contributed by atoms with E-state index in [1.54, 1.807) is 18.3 Å². The molecule has 1 aliphatic rings. The fourth-order valence-electron chi connectivity index (χ4n) is 6.02. The van der Waals surface area contributed by atoms with Crippen LogP contribution < -0.4 is 14.2 Å². The first-order chi connectivity index (χ1) is 25.2. The number of hydrogen-bond donors (Lipinski definition) is 0. The largest absolute Gasteiger partial charge is 0.493 e. The summed E-state index contributed by atoms with van der Waals surface area (Å²) in [6.07, 6.45) is 4.35. The second-order valence-corrected chi connectivity index (χ2v) is 13.9. The molecule has 9 heteroatoms. The summed E-state index contributed by atoms with van der Waals surface area (Å²) in [5, 5.41) is 1.09. The van der Waals surface area contributed by atoms with Crippen LogP contribution in [0.2, 0.25) is 10.0 Å². The molecule has 1 amide bonds. The lowest BCUT2D eigenvalue weighted by Crippen LogP contribution is -2.48. The molecule has 1 aromatic heterocycles. The minimum Gasteiger partial charge on any atom is -0.493 e. The molecule has 0 unspecified atom stereocenters. The van der Waals surface area contributed by atoms with Gasteiger partial charge in [0.15, 0.2) is 5.75 Å². The molecule has 1 fully saturated rings. The predicted molar refractivity (Wildman–Crippen MR) is 209 cm³/mol. The van der Waals surface area contributed by atoms with Crippen LogP contribution in [0.3, 0.4) is 0 Å². The molecular formula is C43H43Cl2N3O4. The molecule has 1 aliphatic heterocycles. The van der Waals surface area contributed by atoms with Gasteiger partial charge in [0.2, 0.25) is 11.8 Å². The number of hydrogen-bond acceptors (Lipinski definition) is 6. The van der Waals surface area contributed by atoms with Gasteiger partial charge in [-0.1, -0.05) is 83.4 Å². The zero-order chi connectivity index (χ0) is 36.5. The van der Waals surface area contributed by atoms with Gasteiger partial charge in [-0.25, -0.2) is 4.98 Å². The van der Waals surface area contributed by atoms with Crippen LogP contribution in [-0.2, 0) is 24.4 Å². The van der Waals surface area contributed by atoms with Crippen LogP contribution in [0.1, 0.15) is 40.3 Å². The van der Waals surface area contributed by atoms with E-state index in [1.165, 1.54) is 16.7 Å². The maximum Gasteiger partial charge on any atom is 0.249 e. The Kier molecular flexibility index (Phi) is 12.5. The lowest BCUT2D eigenvalue weighted by molar-refractivity contribution is -0.128. The van der Waals surface area contributed by atoms with E-state index in [9.17, 15) is 4.79 Å². The molecule has 0 saturated carbocycles. The first-order valence-corrected chi connectivity index (χ1v) is 18.2. The van der Waals surface area contributed by atoms with E-state index in [1.807, 2.05) is 73.4 Å². The average molecular weight is 737 g/mol. The maximum absolute atomic E-state index is 13.4. The van der Waals surface area contributed by atoms with Crippen molar-refractivity contribution in [2.75, 3.05) is 32.8 Å². The Bertz CT molecular complexity index is 1970. The zero-order valence-corrected chi connectivity index (χ0v) is 31.3. The highest BCUT2D eigenvalue weighted by Gasteiger charge is 2.22. The first kappa shape index (κ1) is 37.0. The molecule has 0 spiro atoms. The minimum absolute atomic E-state index is 0.0343. The van der Waals surface area contributed by atoms with E-state index in [2.05, 4.69) is 53.2 Å². The molecule has 0 radical (unpaired) electrons. The SMILES string of the molecule is C/C(=C\c1cc(C)c(Oc2ccc(OCc3ccccc3Cl)cn2)c(Cl)c1)C(=O)N1CCN(Cc2ccc(CCOc3ccc(C)cc3)cc2)CC1. The smallest absolute Gasteiger partial charge is 0.249 e. The van der Waals surface area contributed by atoms with Gasteiger partial charge >= 0.3 is 0 Å². The molecule has 52 heavy (non-hydrogen) atoms. The van der Waals surface area contributed by atoms with Gasteiger partial charge < -0.3 is 19.1 Å². The van der Waals surface area contributed by atoms with Crippen molar-refractivity contribution in [1.82, 2.24) is 14.8 Å². The quantitative estimate of drug-likeness (QED) is 0.112. The van der Waals surface area contributed by atoms with Crippen molar-refractivity contribution < 1.29 is 19.0 Å². The second-order valence-electron chi connectivity index (χ2n) is 13.1. The van der Waals surface area contributed by atoms with Gasteiger partial charge in [0.1, 0.15) is 18.1 Å². The summed E-state index contributed by atoms with van der Waals surface area (Å²) in [5.74, 6) is 2.43. The molecule has 7 nitrogen and oxygen atoms in total. The van der Waals surface area contributed by atoms with Gasteiger partial charge in [-0.05, 0) is 85.5 Å². The predicted octanol–water partition coefficient (Wildman–Crippen LogP) is 9.75. The standard InChI is InChI=1S/C43H43Cl2N3O4/c1-30-8-14-37(15-9-30)50-23-18-33-10-12-34(13-11-33)28-47-19-21-48(22-20-47)43(49)32(3)25-35-24-31(2)42(40(45)26-35)52-41-17-16-38(27-46-41)51-29-36-6-4-5-7-39(36)44/h4-17,24-27H,18-23,28-29H2,1-3H3/b32-25+. The fourth-order valence-corrected chi connectivity index (χ4v) is 6.53. The Balaban J connectivity index is 0.958. The lowest BCUT2D eigenvalue weighted by atomic mass is 10.1. The topological polar surface area (TPSA) is 64.1 Å². The van der Waals surface area contributed by atoms with E-state index < -0.39 is 0 Å². The number of carbonyl (C=O) groups excluding carboxylic acids is 1.